The van der Waals surface area contributed by atoms with Crippen molar-refractivity contribution in [2.45, 2.75) is 29.5 Å². The van der Waals surface area contributed by atoms with Gasteiger partial charge in [0, 0.05) is 6.54 Å². The van der Waals surface area contributed by atoms with E-state index in [0.29, 0.717) is 22.2 Å². The molecule has 27 heavy (non-hydrogen) atoms. The molecule has 3 rings (SSSR count). The molecule has 0 aromatic carbocycles. The Labute approximate surface area is 169 Å². The van der Waals surface area contributed by atoms with Crippen LogP contribution in [0.4, 0.5) is 5.00 Å². The van der Waals surface area contributed by atoms with Crippen LogP contribution in [0.3, 0.4) is 0 Å². The predicted molar refractivity (Wildman–Crippen MR) is 105 cm³/mol. The van der Waals surface area contributed by atoms with E-state index in [9.17, 15) is 18.0 Å². The highest BCUT2D eigenvalue weighted by atomic mass is 35.5. The molecule has 3 heterocycles. The number of sulfonamides is 1. The van der Waals surface area contributed by atoms with E-state index in [1.165, 1.54) is 34.9 Å². The SMILES string of the molecule is COC(=O)c1ccsc1NC(=O)C1CCCCN1S(=O)(=O)c1ccc(Cl)s1. The molecule has 1 aliphatic rings. The van der Waals surface area contributed by atoms with Crippen molar-refractivity contribution < 1.29 is 22.7 Å². The van der Waals surface area contributed by atoms with Crippen molar-refractivity contribution in [2.75, 3.05) is 19.0 Å². The van der Waals surface area contributed by atoms with E-state index in [-0.39, 0.29) is 16.3 Å². The van der Waals surface area contributed by atoms with E-state index >= 15 is 0 Å². The molecule has 2 aromatic heterocycles. The second kappa shape index (κ2) is 8.27. The average Bonchev–Trinajstić information content (AvgIpc) is 3.30. The number of ether oxygens (including phenoxy) is 1. The lowest BCUT2D eigenvalue weighted by Crippen LogP contribution is -2.49. The lowest BCUT2D eigenvalue weighted by Gasteiger charge is -2.33. The van der Waals surface area contributed by atoms with E-state index in [2.05, 4.69) is 5.32 Å². The van der Waals surface area contributed by atoms with Crippen molar-refractivity contribution in [1.29, 1.82) is 0 Å². The summed E-state index contributed by atoms with van der Waals surface area (Å²) in [5.74, 6) is -1.03. The standard InChI is InChI=1S/C16H17ClN2O5S3/c1-24-16(21)10-7-9-25-15(10)18-14(20)11-4-2-3-8-19(11)27(22,23)13-6-5-12(17)26-13/h5-7,9,11H,2-4,8H2,1H3,(H,18,20). The first-order valence-electron chi connectivity index (χ1n) is 8.08. The Morgan fingerprint density at radius 3 is 2.74 bits per heavy atom. The molecule has 7 nitrogen and oxygen atoms in total. The fraction of sp³-hybridized carbons (Fsp3) is 0.375. The summed E-state index contributed by atoms with van der Waals surface area (Å²) in [5, 5.41) is 4.68. The summed E-state index contributed by atoms with van der Waals surface area (Å²) in [7, 11) is -2.57. The molecule has 1 unspecified atom stereocenters. The molecule has 0 aliphatic carbocycles. The van der Waals surface area contributed by atoms with Gasteiger partial charge in [0.1, 0.15) is 15.3 Å². The maximum atomic E-state index is 13.0. The first kappa shape index (κ1) is 20.3. The third-order valence-corrected chi connectivity index (χ3v) is 8.61. The summed E-state index contributed by atoms with van der Waals surface area (Å²) in [5.41, 5.74) is 0.242. The number of amides is 1. The molecule has 1 atom stereocenters. The number of carbonyl (C=O) groups excluding carboxylic acids is 2. The first-order chi connectivity index (χ1) is 12.8. The van der Waals surface area contributed by atoms with E-state index in [1.54, 1.807) is 11.4 Å². The maximum absolute atomic E-state index is 13.0. The van der Waals surface area contributed by atoms with Gasteiger partial charge in [-0.25, -0.2) is 13.2 Å². The first-order valence-corrected chi connectivity index (χ1v) is 11.6. The summed E-state index contributed by atoms with van der Waals surface area (Å²) in [6, 6.07) is 3.67. The fourth-order valence-corrected chi connectivity index (χ4v) is 6.93. The van der Waals surface area contributed by atoms with Crippen LogP contribution in [0.25, 0.3) is 0 Å². The second-order valence-electron chi connectivity index (χ2n) is 5.83. The van der Waals surface area contributed by atoms with Crippen molar-refractivity contribution in [3.8, 4) is 0 Å². The molecule has 146 valence electrons. The van der Waals surface area contributed by atoms with Gasteiger partial charge in [-0.05, 0) is 36.4 Å². The molecule has 0 radical (unpaired) electrons. The molecular formula is C16H17ClN2O5S3. The molecule has 2 aromatic rings. The maximum Gasteiger partial charge on any atom is 0.340 e. The Hall–Kier alpha value is -1.46. The zero-order chi connectivity index (χ0) is 19.6. The van der Waals surface area contributed by atoms with Crippen LogP contribution >= 0.6 is 34.3 Å². The number of carbonyl (C=O) groups is 2. The van der Waals surface area contributed by atoms with Crippen molar-refractivity contribution >= 4 is 61.2 Å². The van der Waals surface area contributed by atoms with Gasteiger partial charge in [0.25, 0.3) is 10.0 Å². The molecule has 1 aliphatic heterocycles. The highest BCUT2D eigenvalue weighted by Gasteiger charge is 2.38. The Kier molecular flexibility index (Phi) is 6.21. The van der Waals surface area contributed by atoms with Crippen LogP contribution in [-0.4, -0.2) is 44.3 Å². The van der Waals surface area contributed by atoms with Gasteiger partial charge in [-0.15, -0.1) is 22.7 Å². The monoisotopic (exact) mass is 448 g/mol. The molecule has 11 heteroatoms. The third-order valence-electron chi connectivity index (χ3n) is 4.18. The highest BCUT2D eigenvalue weighted by Crippen LogP contribution is 2.32. The summed E-state index contributed by atoms with van der Waals surface area (Å²) >= 11 is 8.01. The number of nitrogens with one attached hydrogen (secondary N) is 1. The quantitative estimate of drug-likeness (QED) is 0.707. The molecule has 1 N–H and O–H groups in total. The Balaban J connectivity index is 1.84. The van der Waals surface area contributed by atoms with Crippen LogP contribution in [0.15, 0.2) is 27.8 Å². The van der Waals surface area contributed by atoms with E-state index in [4.69, 9.17) is 16.3 Å². The summed E-state index contributed by atoms with van der Waals surface area (Å²) in [6.07, 6.45) is 1.82. The van der Waals surface area contributed by atoms with Crippen LogP contribution < -0.4 is 5.32 Å². The summed E-state index contributed by atoms with van der Waals surface area (Å²) in [4.78, 5) is 24.6. The van der Waals surface area contributed by atoms with Crippen molar-refractivity contribution in [3.05, 3.63) is 33.5 Å². The Morgan fingerprint density at radius 1 is 1.30 bits per heavy atom. The van der Waals surface area contributed by atoms with Gasteiger partial charge in [0.05, 0.1) is 17.0 Å². The fourth-order valence-electron chi connectivity index (χ4n) is 2.88. The Morgan fingerprint density at radius 2 is 2.07 bits per heavy atom. The zero-order valence-corrected chi connectivity index (χ0v) is 17.5. The minimum atomic E-state index is -3.83. The van der Waals surface area contributed by atoms with Gasteiger partial charge in [-0.1, -0.05) is 18.0 Å². The van der Waals surface area contributed by atoms with Gasteiger partial charge in [0.2, 0.25) is 5.91 Å². The normalized spacial score (nSPS) is 18.2. The van der Waals surface area contributed by atoms with Gasteiger partial charge >= 0.3 is 5.97 Å². The molecular weight excluding hydrogens is 432 g/mol. The zero-order valence-electron chi connectivity index (χ0n) is 14.3. The largest absolute Gasteiger partial charge is 0.465 e. The number of methoxy groups -OCH3 is 1. The second-order valence-corrected chi connectivity index (χ2v) is 10.6. The number of hydrogen-bond donors (Lipinski definition) is 1. The number of thiophene rings is 2. The predicted octanol–water partition coefficient (Wildman–Crippen LogP) is 3.43. The van der Waals surface area contributed by atoms with E-state index < -0.39 is 27.9 Å². The number of hydrogen-bond acceptors (Lipinski definition) is 7. The van der Waals surface area contributed by atoms with Gasteiger partial charge in [-0.3, -0.25) is 4.79 Å². The van der Waals surface area contributed by atoms with Crippen LogP contribution in [0.2, 0.25) is 4.34 Å². The number of piperidine rings is 1. The van der Waals surface area contributed by atoms with Gasteiger partial charge in [-0.2, -0.15) is 4.31 Å². The summed E-state index contributed by atoms with van der Waals surface area (Å²) in [6.45, 7) is 0.254. The van der Waals surface area contributed by atoms with Crippen LogP contribution in [0.5, 0.6) is 0 Å². The number of nitrogens with zero attached hydrogens (tertiary/aromatic N) is 1. The topological polar surface area (TPSA) is 92.8 Å². The third kappa shape index (κ3) is 4.19. The van der Waals surface area contributed by atoms with Crippen molar-refractivity contribution in [3.63, 3.8) is 0 Å². The smallest absolute Gasteiger partial charge is 0.340 e. The van der Waals surface area contributed by atoms with Crippen LogP contribution in [-0.2, 0) is 19.6 Å². The lowest BCUT2D eigenvalue weighted by atomic mass is 10.0. The minimum Gasteiger partial charge on any atom is -0.465 e. The van der Waals surface area contributed by atoms with E-state index in [1.807, 2.05) is 0 Å². The van der Waals surface area contributed by atoms with Crippen molar-refractivity contribution in [2.24, 2.45) is 0 Å². The van der Waals surface area contributed by atoms with Crippen molar-refractivity contribution in [1.82, 2.24) is 4.31 Å². The molecule has 1 amide bonds. The lowest BCUT2D eigenvalue weighted by molar-refractivity contribution is -0.120. The number of anilines is 1. The molecule has 0 saturated carbocycles. The van der Waals surface area contributed by atoms with Crippen LogP contribution in [0, 0.1) is 0 Å². The summed E-state index contributed by atoms with van der Waals surface area (Å²) < 4.78 is 32.3. The molecule has 0 bridgehead atoms. The molecule has 1 fully saturated rings. The number of halogens is 1. The van der Waals surface area contributed by atoms with E-state index in [0.717, 1.165) is 17.8 Å². The van der Waals surface area contributed by atoms with Crippen LogP contribution in [0.1, 0.15) is 29.6 Å². The van der Waals surface area contributed by atoms with Gasteiger partial charge in [0.15, 0.2) is 0 Å². The molecule has 0 spiro atoms. The minimum absolute atomic E-state index is 0.110. The highest BCUT2D eigenvalue weighted by molar-refractivity contribution is 7.91. The number of esters is 1. The Bertz CT molecular complexity index is 953. The molecule has 1 saturated heterocycles. The number of rotatable bonds is 5. The average molecular weight is 449 g/mol. The van der Waals surface area contributed by atoms with Gasteiger partial charge < -0.3 is 10.1 Å².